The number of hydrogen-bond acceptors (Lipinski definition) is 3. The van der Waals surface area contributed by atoms with E-state index in [-0.39, 0.29) is 18.7 Å². The van der Waals surface area contributed by atoms with E-state index in [1.54, 1.807) is 12.1 Å². The van der Waals surface area contributed by atoms with Crippen LogP contribution in [0, 0.1) is 0 Å². The molecular formula is C8H10N2O3. The Hall–Kier alpha value is -1.49. The third-order valence-electron chi connectivity index (χ3n) is 1.95. The SMILES string of the molecule is O=C1NC[C@H](c2ccc(CO)o2)N1. The van der Waals surface area contributed by atoms with Gasteiger partial charge in [-0.25, -0.2) is 4.79 Å². The number of carbonyl (C=O) groups is 1. The lowest BCUT2D eigenvalue weighted by molar-refractivity contribution is 0.239. The van der Waals surface area contributed by atoms with Crippen LogP contribution in [0.5, 0.6) is 0 Å². The molecule has 1 aliphatic rings. The van der Waals surface area contributed by atoms with E-state index in [9.17, 15) is 4.79 Å². The Kier molecular flexibility index (Phi) is 1.94. The van der Waals surface area contributed by atoms with Crippen molar-refractivity contribution < 1.29 is 14.3 Å². The molecule has 2 heterocycles. The van der Waals surface area contributed by atoms with Gasteiger partial charge in [0, 0.05) is 6.54 Å². The molecule has 1 aromatic heterocycles. The van der Waals surface area contributed by atoms with Gasteiger partial charge in [-0.2, -0.15) is 0 Å². The van der Waals surface area contributed by atoms with Crippen LogP contribution in [0.3, 0.4) is 0 Å². The van der Waals surface area contributed by atoms with Gasteiger partial charge in [0.2, 0.25) is 0 Å². The number of hydrogen-bond donors (Lipinski definition) is 3. The molecule has 0 aromatic carbocycles. The summed E-state index contributed by atoms with van der Waals surface area (Å²) in [5.41, 5.74) is 0. The molecule has 70 valence electrons. The first-order chi connectivity index (χ1) is 6.29. The maximum atomic E-state index is 10.8. The second kappa shape index (κ2) is 3.10. The topological polar surface area (TPSA) is 74.5 Å². The van der Waals surface area contributed by atoms with E-state index in [1.807, 2.05) is 0 Å². The minimum Gasteiger partial charge on any atom is -0.461 e. The summed E-state index contributed by atoms with van der Waals surface area (Å²) in [6, 6.07) is 3.14. The highest BCUT2D eigenvalue weighted by Gasteiger charge is 2.23. The van der Waals surface area contributed by atoms with Crippen LogP contribution in [-0.2, 0) is 6.61 Å². The van der Waals surface area contributed by atoms with Crippen molar-refractivity contribution in [2.75, 3.05) is 6.54 Å². The van der Waals surface area contributed by atoms with Crippen molar-refractivity contribution >= 4 is 6.03 Å². The lowest BCUT2D eigenvalue weighted by Gasteiger charge is -2.03. The highest BCUT2D eigenvalue weighted by molar-refractivity contribution is 5.76. The van der Waals surface area contributed by atoms with Crippen LogP contribution in [0.2, 0.25) is 0 Å². The molecule has 1 saturated heterocycles. The average molecular weight is 182 g/mol. The van der Waals surface area contributed by atoms with Crippen molar-refractivity contribution in [1.82, 2.24) is 10.6 Å². The number of aliphatic hydroxyl groups is 1. The van der Waals surface area contributed by atoms with E-state index in [0.29, 0.717) is 18.1 Å². The van der Waals surface area contributed by atoms with Crippen LogP contribution >= 0.6 is 0 Å². The molecule has 13 heavy (non-hydrogen) atoms. The summed E-state index contributed by atoms with van der Waals surface area (Å²) in [6.45, 7) is 0.408. The predicted octanol–water partition coefficient (Wildman–Crippen LogP) is 0.126. The first kappa shape index (κ1) is 8.12. The third-order valence-corrected chi connectivity index (χ3v) is 1.95. The number of urea groups is 1. The Bertz CT molecular complexity index is 321. The van der Waals surface area contributed by atoms with Crippen LogP contribution in [0.4, 0.5) is 4.79 Å². The number of carbonyl (C=O) groups excluding carboxylic acids is 1. The molecule has 3 N–H and O–H groups in total. The van der Waals surface area contributed by atoms with Gasteiger partial charge in [-0.05, 0) is 12.1 Å². The fourth-order valence-corrected chi connectivity index (χ4v) is 1.29. The Balaban J connectivity index is 2.12. The smallest absolute Gasteiger partial charge is 0.315 e. The summed E-state index contributed by atoms with van der Waals surface area (Å²) >= 11 is 0. The minimum absolute atomic E-state index is 0.117. The van der Waals surface area contributed by atoms with Gasteiger partial charge in [-0.1, -0.05) is 0 Å². The molecule has 0 saturated carbocycles. The van der Waals surface area contributed by atoms with E-state index in [0.717, 1.165) is 0 Å². The lowest BCUT2D eigenvalue weighted by atomic mass is 10.2. The zero-order chi connectivity index (χ0) is 9.26. The second-order valence-corrected chi connectivity index (χ2v) is 2.87. The van der Waals surface area contributed by atoms with E-state index in [1.165, 1.54) is 0 Å². The van der Waals surface area contributed by atoms with E-state index in [4.69, 9.17) is 9.52 Å². The first-order valence-electron chi connectivity index (χ1n) is 4.03. The minimum atomic E-state index is -0.188. The molecule has 2 amide bonds. The van der Waals surface area contributed by atoms with E-state index in [2.05, 4.69) is 10.6 Å². The second-order valence-electron chi connectivity index (χ2n) is 2.87. The number of furan rings is 1. The molecule has 0 spiro atoms. The molecule has 0 unspecified atom stereocenters. The summed E-state index contributed by atoms with van der Waals surface area (Å²) < 4.78 is 5.26. The van der Waals surface area contributed by atoms with Crippen LogP contribution in [-0.4, -0.2) is 17.7 Å². The van der Waals surface area contributed by atoms with Crippen LogP contribution in [0.15, 0.2) is 16.5 Å². The lowest BCUT2D eigenvalue weighted by Crippen LogP contribution is -2.21. The number of aliphatic hydroxyl groups excluding tert-OH is 1. The number of amides is 2. The van der Waals surface area contributed by atoms with Gasteiger partial charge in [0.1, 0.15) is 24.2 Å². The number of nitrogens with one attached hydrogen (secondary N) is 2. The van der Waals surface area contributed by atoms with Crippen LogP contribution in [0.25, 0.3) is 0 Å². The van der Waals surface area contributed by atoms with E-state index < -0.39 is 0 Å². The monoisotopic (exact) mass is 182 g/mol. The van der Waals surface area contributed by atoms with Crippen molar-refractivity contribution in [3.05, 3.63) is 23.7 Å². The molecule has 1 fully saturated rings. The molecular weight excluding hydrogens is 172 g/mol. The summed E-state index contributed by atoms with van der Waals surface area (Å²) in [6.07, 6.45) is 0. The summed E-state index contributed by atoms with van der Waals surface area (Å²) in [5, 5.41) is 14.1. The van der Waals surface area contributed by atoms with Gasteiger partial charge in [0.25, 0.3) is 0 Å². The van der Waals surface area contributed by atoms with Crippen LogP contribution < -0.4 is 10.6 Å². The standard InChI is InChI=1S/C8H10N2O3/c11-4-5-1-2-7(13-5)6-3-9-8(12)10-6/h1-2,6,11H,3-4H2,(H2,9,10,12)/t6-/m1/s1. The Morgan fingerprint density at radius 3 is 3.00 bits per heavy atom. The average Bonchev–Trinajstić information content (AvgIpc) is 2.71. The molecule has 1 aliphatic heterocycles. The summed E-state index contributed by atoms with van der Waals surface area (Å²) in [4.78, 5) is 10.8. The highest BCUT2D eigenvalue weighted by atomic mass is 16.4. The fourth-order valence-electron chi connectivity index (χ4n) is 1.29. The molecule has 1 aromatic rings. The summed E-state index contributed by atoms with van der Waals surface area (Å²) in [7, 11) is 0. The normalized spacial score (nSPS) is 21.3. The fraction of sp³-hybridized carbons (Fsp3) is 0.375. The number of rotatable bonds is 2. The molecule has 0 aliphatic carbocycles. The largest absolute Gasteiger partial charge is 0.461 e. The predicted molar refractivity (Wildman–Crippen MR) is 43.9 cm³/mol. The van der Waals surface area contributed by atoms with Gasteiger partial charge in [0.05, 0.1) is 0 Å². The van der Waals surface area contributed by atoms with Gasteiger partial charge in [0.15, 0.2) is 0 Å². The maximum Gasteiger partial charge on any atom is 0.315 e. The van der Waals surface area contributed by atoms with E-state index >= 15 is 0 Å². The Morgan fingerprint density at radius 2 is 2.46 bits per heavy atom. The van der Waals surface area contributed by atoms with Crippen molar-refractivity contribution in [2.45, 2.75) is 12.6 Å². The highest BCUT2D eigenvalue weighted by Crippen LogP contribution is 2.18. The Morgan fingerprint density at radius 1 is 1.62 bits per heavy atom. The quantitative estimate of drug-likeness (QED) is 0.608. The van der Waals surface area contributed by atoms with Crippen molar-refractivity contribution in [1.29, 1.82) is 0 Å². The molecule has 0 radical (unpaired) electrons. The molecule has 1 atom stereocenters. The molecule has 5 nitrogen and oxygen atoms in total. The van der Waals surface area contributed by atoms with Gasteiger partial charge < -0.3 is 20.2 Å². The molecule has 2 rings (SSSR count). The third kappa shape index (κ3) is 1.50. The first-order valence-corrected chi connectivity index (χ1v) is 4.03. The van der Waals surface area contributed by atoms with Crippen molar-refractivity contribution in [3.63, 3.8) is 0 Å². The van der Waals surface area contributed by atoms with Crippen LogP contribution in [0.1, 0.15) is 17.6 Å². The summed E-state index contributed by atoms with van der Waals surface area (Å²) in [5.74, 6) is 1.18. The van der Waals surface area contributed by atoms with Crippen molar-refractivity contribution in [2.24, 2.45) is 0 Å². The van der Waals surface area contributed by atoms with Crippen molar-refractivity contribution in [3.8, 4) is 0 Å². The van der Waals surface area contributed by atoms with Gasteiger partial charge >= 0.3 is 6.03 Å². The molecule has 0 bridgehead atoms. The molecule has 5 heteroatoms. The van der Waals surface area contributed by atoms with Gasteiger partial charge in [-0.3, -0.25) is 0 Å². The van der Waals surface area contributed by atoms with Gasteiger partial charge in [-0.15, -0.1) is 0 Å². The zero-order valence-corrected chi connectivity index (χ0v) is 6.91. The Labute approximate surface area is 74.7 Å². The zero-order valence-electron chi connectivity index (χ0n) is 6.91. The maximum absolute atomic E-state index is 10.8.